The number of hydrogen-bond donors (Lipinski definition) is 3. The molecule has 0 nitrogen and oxygen atoms in total. The zero-order chi connectivity index (χ0) is 8.59. The van der Waals surface area contributed by atoms with Crippen molar-refractivity contribution < 1.29 is 0 Å². The van der Waals surface area contributed by atoms with Crippen LogP contribution in [-0.4, -0.2) is 0 Å². The van der Waals surface area contributed by atoms with E-state index >= 15 is 0 Å². The standard InChI is InChI=1S/C8H10S3/c1-4-3-6(9)8(11)7(10)5(4)2/h3,9-11H,1-2H3. The van der Waals surface area contributed by atoms with Crippen molar-refractivity contribution in [3.05, 3.63) is 17.2 Å². The lowest BCUT2D eigenvalue weighted by Gasteiger charge is -2.08. The van der Waals surface area contributed by atoms with Gasteiger partial charge in [-0.15, -0.1) is 37.9 Å². The van der Waals surface area contributed by atoms with Gasteiger partial charge in [0.1, 0.15) is 0 Å². The van der Waals surface area contributed by atoms with E-state index < -0.39 is 0 Å². The Hall–Kier alpha value is 0.270. The van der Waals surface area contributed by atoms with Crippen molar-refractivity contribution in [3.8, 4) is 0 Å². The Labute approximate surface area is 83.6 Å². The van der Waals surface area contributed by atoms with Crippen molar-refractivity contribution in [2.45, 2.75) is 28.5 Å². The second-order valence-corrected chi connectivity index (χ2v) is 3.91. The van der Waals surface area contributed by atoms with Crippen LogP contribution in [0.5, 0.6) is 0 Å². The molecular weight excluding hydrogens is 192 g/mol. The molecule has 0 saturated carbocycles. The van der Waals surface area contributed by atoms with Crippen molar-refractivity contribution in [2.24, 2.45) is 0 Å². The fraction of sp³-hybridized carbons (Fsp3) is 0.250. The van der Waals surface area contributed by atoms with Gasteiger partial charge < -0.3 is 0 Å². The molecule has 0 amide bonds. The molecule has 0 aliphatic heterocycles. The summed E-state index contributed by atoms with van der Waals surface area (Å²) in [4.78, 5) is 2.68. The van der Waals surface area contributed by atoms with E-state index in [1.54, 1.807) is 0 Å². The lowest BCUT2D eigenvalue weighted by Crippen LogP contribution is -1.86. The Balaban J connectivity index is 3.46. The maximum atomic E-state index is 4.33. The SMILES string of the molecule is Cc1cc(S)c(S)c(S)c1C. The van der Waals surface area contributed by atoms with Crippen LogP contribution in [0.25, 0.3) is 0 Å². The molecule has 0 aromatic heterocycles. The summed E-state index contributed by atoms with van der Waals surface area (Å²) in [5.41, 5.74) is 2.38. The molecule has 0 atom stereocenters. The highest BCUT2D eigenvalue weighted by atomic mass is 32.1. The Bertz CT molecular complexity index is 266. The zero-order valence-electron chi connectivity index (χ0n) is 6.42. The van der Waals surface area contributed by atoms with Gasteiger partial charge in [0.15, 0.2) is 0 Å². The number of aryl methyl sites for hydroxylation is 1. The maximum Gasteiger partial charge on any atom is 0.0311 e. The van der Waals surface area contributed by atoms with Gasteiger partial charge in [-0.1, -0.05) is 0 Å². The van der Waals surface area contributed by atoms with Gasteiger partial charge in [-0.25, -0.2) is 0 Å². The highest BCUT2D eigenvalue weighted by molar-refractivity contribution is 7.85. The van der Waals surface area contributed by atoms with Crippen LogP contribution in [0, 0.1) is 13.8 Å². The van der Waals surface area contributed by atoms with E-state index in [4.69, 9.17) is 0 Å². The van der Waals surface area contributed by atoms with Gasteiger partial charge in [0, 0.05) is 14.7 Å². The summed E-state index contributed by atoms with van der Waals surface area (Å²) in [6.45, 7) is 4.08. The molecule has 1 rings (SSSR count). The molecule has 0 radical (unpaired) electrons. The summed E-state index contributed by atoms with van der Waals surface area (Å²) in [7, 11) is 0. The molecule has 0 spiro atoms. The minimum Gasteiger partial charge on any atom is -0.142 e. The van der Waals surface area contributed by atoms with E-state index in [-0.39, 0.29) is 0 Å². The van der Waals surface area contributed by atoms with Crippen molar-refractivity contribution in [1.29, 1.82) is 0 Å². The molecule has 1 aromatic rings. The third-order valence-corrected chi connectivity index (χ3v) is 3.50. The normalized spacial score (nSPS) is 10.3. The monoisotopic (exact) mass is 202 g/mol. The molecule has 0 bridgehead atoms. The molecule has 0 heterocycles. The minimum atomic E-state index is 0.861. The number of hydrogen-bond acceptors (Lipinski definition) is 3. The molecule has 3 heteroatoms. The fourth-order valence-corrected chi connectivity index (χ4v) is 1.79. The van der Waals surface area contributed by atoms with Crippen molar-refractivity contribution >= 4 is 37.9 Å². The van der Waals surface area contributed by atoms with E-state index in [0.717, 1.165) is 14.7 Å². The lowest BCUT2D eigenvalue weighted by molar-refractivity contribution is 1.06. The second kappa shape index (κ2) is 3.33. The number of benzene rings is 1. The van der Waals surface area contributed by atoms with Gasteiger partial charge in [0.25, 0.3) is 0 Å². The predicted octanol–water partition coefficient (Wildman–Crippen LogP) is 3.17. The van der Waals surface area contributed by atoms with Crippen LogP contribution in [-0.2, 0) is 0 Å². The molecule has 0 unspecified atom stereocenters. The van der Waals surface area contributed by atoms with Crippen LogP contribution in [0.15, 0.2) is 20.8 Å². The number of thiol groups is 3. The van der Waals surface area contributed by atoms with E-state index in [1.807, 2.05) is 19.9 Å². The number of rotatable bonds is 0. The maximum absolute atomic E-state index is 4.33. The summed E-state index contributed by atoms with van der Waals surface area (Å²) < 4.78 is 0. The highest BCUT2D eigenvalue weighted by Crippen LogP contribution is 2.30. The first-order chi connectivity index (χ1) is 5.04. The smallest absolute Gasteiger partial charge is 0.0311 e. The van der Waals surface area contributed by atoms with Crippen LogP contribution in [0.2, 0.25) is 0 Å². The van der Waals surface area contributed by atoms with Crippen LogP contribution in [0.4, 0.5) is 0 Å². The quantitative estimate of drug-likeness (QED) is 0.529. The van der Waals surface area contributed by atoms with Gasteiger partial charge in [-0.2, -0.15) is 0 Å². The summed E-state index contributed by atoms with van der Waals surface area (Å²) in [6, 6.07) is 2.00. The molecule has 11 heavy (non-hydrogen) atoms. The Morgan fingerprint density at radius 3 is 2.09 bits per heavy atom. The van der Waals surface area contributed by atoms with E-state index in [1.165, 1.54) is 11.1 Å². The first-order valence-electron chi connectivity index (χ1n) is 3.25. The molecule has 1 aromatic carbocycles. The average molecular weight is 202 g/mol. The van der Waals surface area contributed by atoms with Gasteiger partial charge in [-0.05, 0) is 31.0 Å². The van der Waals surface area contributed by atoms with Crippen LogP contribution in [0.3, 0.4) is 0 Å². The lowest BCUT2D eigenvalue weighted by atomic mass is 10.1. The van der Waals surface area contributed by atoms with E-state index in [0.29, 0.717) is 0 Å². The van der Waals surface area contributed by atoms with Crippen molar-refractivity contribution in [3.63, 3.8) is 0 Å². The Kier molecular flexibility index (Phi) is 2.84. The Morgan fingerprint density at radius 2 is 1.55 bits per heavy atom. The topological polar surface area (TPSA) is 0 Å². The third kappa shape index (κ3) is 1.71. The van der Waals surface area contributed by atoms with Crippen LogP contribution >= 0.6 is 37.9 Å². The fourth-order valence-electron chi connectivity index (χ4n) is 0.867. The summed E-state index contributed by atoms with van der Waals surface area (Å²) in [5, 5.41) is 0. The first-order valence-corrected chi connectivity index (χ1v) is 4.59. The zero-order valence-corrected chi connectivity index (χ0v) is 9.10. The average Bonchev–Trinajstić information content (AvgIpc) is 1.97. The molecule has 0 aliphatic carbocycles. The van der Waals surface area contributed by atoms with Gasteiger partial charge in [0.05, 0.1) is 0 Å². The summed E-state index contributed by atoms with van der Waals surface area (Å²) in [6.07, 6.45) is 0. The first kappa shape index (κ1) is 9.36. The third-order valence-electron chi connectivity index (χ3n) is 1.77. The Morgan fingerprint density at radius 1 is 1.00 bits per heavy atom. The highest BCUT2D eigenvalue weighted by Gasteiger charge is 2.04. The molecule has 0 N–H and O–H groups in total. The second-order valence-electron chi connectivity index (χ2n) is 2.53. The van der Waals surface area contributed by atoms with Crippen LogP contribution < -0.4 is 0 Å². The van der Waals surface area contributed by atoms with Gasteiger partial charge >= 0.3 is 0 Å². The van der Waals surface area contributed by atoms with E-state index in [2.05, 4.69) is 37.9 Å². The van der Waals surface area contributed by atoms with Gasteiger partial charge in [-0.3, -0.25) is 0 Å². The van der Waals surface area contributed by atoms with Gasteiger partial charge in [0.2, 0.25) is 0 Å². The molecule has 60 valence electrons. The molecule has 0 aliphatic rings. The molecule has 0 fully saturated rings. The largest absolute Gasteiger partial charge is 0.142 e. The van der Waals surface area contributed by atoms with E-state index in [9.17, 15) is 0 Å². The summed E-state index contributed by atoms with van der Waals surface area (Å²) in [5.74, 6) is 0. The van der Waals surface area contributed by atoms with Crippen LogP contribution in [0.1, 0.15) is 11.1 Å². The minimum absolute atomic E-state index is 0.861. The van der Waals surface area contributed by atoms with Crippen molar-refractivity contribution in [2.75, 3.05) is 0 Å². The molecular formula is C8H10S3. The predicted molar refractivity (Wildman–Crippen MR) is 57.7 cm³/mol. The summed E-state index contributed by atoms with van der Waals surface area (Å²) >= 11 is 12.9. The van der Waals surface area contributed by atoms with Crippen molar-refractivity contribution in [1.82, 2.24) is 0 Å². The molecule has 0 saturated heterocycles.